The Morgan fingerprint density at radius 2 is 1.84 bits per heavy atom. The second-order valence-corrected chi connectivity index (χ2v) is 8.91. The van der Waals surface area contributed by atoms with Crippen LogP contribution in [0.15, 0.2) is 0 Å². The van der Waals surface area contributed by atoms with Gasteiger partial charge in [-0.2, -0.15) is 0 Å². The van der Waals surface area contributed by atoms with Crippen molar-refractivity contribution in [1.29, 1.82) is 0 Å². The molecule has 1 aliphatic rings. The molecule has 19 heavy (non-hydrogen) atoms. The molecule has 1 atom stereocenters. The maximum atomic E-state index is 4.43. The maximum Gasteiger partial charge on any atom is 0.131 e. The lowest BCUT2D eigenvalue weighted by atomic mass is 9.70. The molecule has 1 aromatic heterocycles. The molecule has 1 saturated carbocycles. The predicted molar refractivity (Wildman–Crippen MR) is 86.0 cm³/mol. The molecule has 0 radical (unpaired) electrons. The van der Waals surface area contributed by atoms with Gasteiger partial charge in [0.2, 0.25) is 0 Å². The van der Waals surface area contributed by atoms with E-state index in [4.69, 9.17) is 0 Å². The molecule has 0 bridgehead atoms. The second-order valence-electron chi connectivity index (χ2n) is 6.77. The number of hydrogen-bond acceptors (Lipinski definition) is 3. The molecule has 0 saturated heterocycles. The predicted octanol–water partition coefficient (Wildman–Crippen LogP) is 5.70. The third-order valence-electron chi connectivity index (χ3n) is 4.38. The Morgan fingerprint density at radius 1 is 1.21 bits per heavy atom. The summed E-state index contributed by atoms with van der Waals surface area (Å²) in [5.74, 6) is 1.53. The number of nitrogens with zero attached hydrogens (tertiary/aromatic N) is 2. The molecule has 0 spiro atoms. The summed E-state index contributed by atoms with van der Waals surface area (Å²) in [6, 6.07) is 0. The molecule has 1 fully saturated rings. The first-order valence-corrected chi connectivity index (χ1v) is 9.12. The molecule has 4 heteroatoms. The van der Waals surface area contributed by atoms with Crippen LogP contribution < -0.4 is 0 Å². The van der Waals surface area contributed by atoms with Gasteiger partial charge in [0.1, 0.15) is 10.0 Å². The Bertz CT molecular complexity index is 403. The second kappa shape index (κ2) is 6.21. The fraction of sp³-hybridized carbons (Fsp3) is 0.867. The van der Waals surface area contributed by atoms with E-state index < -0.39 is 0 Å². The van der Waals surface area contributed by atoms with E-state index in [1.165, 1.54) is 30.7 Å². The molecule has 2 nitrogen and oxygen atoms in total. The molecular formula is C15H25BrN2S. The molecule has 1 aliphatic carbocycles. The normalized spacial score (nSPS) is 26.4. The highest BCUT2D eigenvalue weighted by atomic mass is 79.9. The number of halogens is 1. The van der Waals surface area contributed by atoms with Gasteiger partial charge in [0.25, 0.3) is 0 Å². The summed E-state index contributed by atoms with van der Waals surface area (Å²) < 4.78 is 0. The van der Waals surface area contributed by atoms with Crippen LogP contribution in [0, 0.1) is 11.3 Å². The maximum absolute atomic E-state index is 4.43. The minimum Gasteiger partial charge on any atom is -0.143 e. The summed E-state index contributed by atoms with van der Waals surface area (Å²) in [6.45, 7) is 9.29. The highest BCUT2D eigenvalue weighted by molar-refractivity contribution is 9.09. The lowest BCUT2D eigenvalue weighted by Gasteiger charge is -2.36. The Labute approximate surface area is 129 Å². The van der Waals surface area contributed by atoms with Crippen LogP contribution in [0.3, 0.4) is 0 Å². The Balaban J connectivity index is 1.96. The molecule has 0 N–H and O–H groups in total. The molecule has 1 aromatic rings. The first-order valence-electron chi connectivity index (χ1n) is 7.39. The van der Waals surface area contributed by atoms with Crippen molar-refractivity contribution in [3.05, 3.63) is 10.0 Å². The molecule has 1 heterocycles. The van der Waals surface area contributed by atoms with Crippen molar-refractivity contribution in [3.8, 4) is 0 Å². The summed E-state index contributed by atoms with van der Waals surface area (Å²) in [6.07, 6.45) is 6.33. The first kappa shape index (κ1) is 15.4. The van der Waals surface area contributed by atoms with Crippen molar-refractivity contribution < 1.29 is 0 Å². The lowest BCUT2D eigenvalue weighted by Crippen LogP contribution is -2.25. The summed E-state index contributed by atoms with van der Waals surface area (Å²) >= 11 is 5.48. The van der Waals surface area contributed by atoms with Gasteiger partial charge in [0.05, 0.1) is 4.83 Å². The van der Waals surface area contributed by atoms with Gasteiger partial charge in [0, 0.05) is 5.92 Å². The van der Waals surface area contributed by atoms with Gasteiger partial charge in [-0.1, -0.05) is 43.6 Å². The van der Waals surface area contributed by atoms with Crippen LogP contribution in [-0.2, 0) is 0 Å². The molecule has 0 aromatic carbocycles. The van der Waals surface area contributed by atoms with Crippen LogP contribution in [0.25, 0.3) is 0 Å². The highest BCUT2D eigenvalue weighted by Gasteiger charge is 2.31. The van der Waals surface area contributed by atoms with Crippen molar-refractivity contribution >= 4 is 27.3 Å². The third kappa shape index (κ3) is 3.78. The van der Waals surface area contributed by atoms with Crippen LogP contribution in [0.1, 0.15) is 80.6 Å². The summed E-state index contributed by atoms with van der Waals surface area (Å²) in [4.78, 5) is 0.379. The fourth-order valence-corrected chi connectivity index (χ4v) is 4.37. The van der Waals surface area contributed by atoms with E-state index in [1.807, 2.05) is 11.3 Å². The van der Waals surface area contributed by atoms with E-state index in [-0.39, 0.29) is 0 Å². The summed E-state index contributed by atoms with van der Waals surface area (Å²) in [7, 11) is 0. The zero-order chi connectivity index (χ0) is 14.0. The highest BCUT2D eigenvalue weighted by Crippen LogP contribution is 2.44. The zero-order valence-corrected chi connectivity index (χ0v) is 14.9. The first-order chi connectivity index (χ1) is 8.91. The van der Waals surface area contributed by atoms with Crippen molar-refractivity contribution in [1.82, 2.24) is 10.2 Å². The van der Waals surface area contributed by atoms with Crippen molar-refractivity contribution in [3.63, 3.8) is 0 Å². The molecule has 0 aliphatic heterocycles. The molecule has 0 amide bonds. The van der Waals surface area contributed by atoms with E-state index in [1.54, 1.807) is 0 Å². The topological polar surface area (TPSA) is 25.8 Å². The Hall–Kier alpha value is 0.0400. The largest absolute Gasteiger partial charge is 0.143 e. The number of rotatable bonds is 3. The summed E-state index contributed by atoms with van der Waals surface area (Å²) in [5.41, 5.74) is 0.459. The minimum atomic E-state index is 0.379. The van der Waals surface area contributed by atoms with Gasteiger partial charge >= 0.3 is 0 Å². The molecular weight excluding hydrogens is 320 g/mol. The summed E-state index contributed by atoms with van der Waals surface area (Å²) in [5, 5.41) is 11.2. The third-order valence-corrected chi connectivity index (χ3v) is 6.97. The van der Waals surface area contributed by atoms with Crippen molar-refractivity contribution in [2.45, 2.75) is 70.5 Å². The van der Waals surface area contributed by atoms with E-state index >= 15 is 0 Å². The number of aromatic nitrogens is 2. The van der Waals surface area contributed by atoms with Gasteiger partial charge < -0.3 is 0 Å². The Morgan fingerprint density at radius 3 is 2.37 bits per heavy atom. The van der Waals surface area contributed by atoms with Gasteiger partial charge in [-0.15, -0.1) is 21.5 Å². The van der Waals surface area contributed by atoms with Crippen molar-refractivity contribution in [2.24, 2.45) is 11.3 Å². The van der Waals surface area contributed by atoms with E-state index in [9.17, 15) is 0 Å². The smallest absolute Gasteiger partial charge is 0.131 e. The molecule has 1 unspecified atom stereocenters. The van der Waals surface area contributed by atoms with Crippen LogP contribution in [0.2, 0.25) is 0 Å². The van der Waals surface area contributed by atoms with Gasteiger partial charge in [-0.05, 0) is 43.4 Å². The van der Waals surface area contributed by atoms with Crippen LogP contribution in [0.4, 0.5) is 0 Å². The average Bonchev–Trinajstić information content (AvgIpc) is 2.86. The standard InChI is InChI=1S/C15H25BrN2S/c1-5-12(16)14-18-17-13(19-14)10-6-8-11(9-7-10)15(2,3)4/h10-12H,5-9H2,1-4H3. The zero-order valence-electron chi connectivity index (χ0n) is 12.4. The van der Waals surface area contributed by atoms with Gasteiger partial charge in [-0.3, -0.25) is 0 Å². The minimum absolute atomic E-state index is 0.379. The van der Waals surface area contributed by atoms with Crippen LogP contribution >= 0.6 is 27.3 Å². The van der Waals surface area contributed by atoms with Gasteiger partial charge in [-0.25, -0.2) is 0 Å². The number of hydrogen-bond donors (Lipinski definition) is 0. The number of alkyl halides is 1. The van der Waals surface area contributed by atoms with Crippen molar-refractivity contribution in [2.75, 3.05) is 0 Å². The SMILES string of the molecule is CCC(Br)c1nnc(C2CCC(C(C)(C)C)CC2)s1. The quantitative estimate of drug-likeness (QED) is 0.656. The van der Waals surface area contributed by atoms with Gasteiger partial charge in [0.15, 0.2) is 0 Å². The van der Waals surface area contributed by atoms with E-state index in [0.717, 1.165) is 17.3 Å². The average molecular weight is 345 g/mol. The lowest BCUT2D eigenvalue weighted by molar-refractivity contribution is 0.169. The fourth-order valence-electron chi connectivity index (χ4n) is 2.92. The van der Waals surface area contributed by atoms with Crippen LogP contribution in [0.5, 0.6) is 0 Å². The molecule has 108 valence electrons. The monoisotopic (exact) mass is 344 g/mol. The van der Waals surface area contributed by atoms with Crippen LogP contribution in [-0.4, -0.2) is 10.2 Å². The Kier molecular flexibility index (Phi) is 5.04. The molecule has 2 rings (SSSR count). The van der Waals surface area contributed by atoms with E-state index in [2.05, 4.69) is 53.8 Å². The van der Waals surface area contributed by atoms with E-state index in [0.29, 0.717) is 16.2 Å².